The average molecular weight is 636 g/mol. The van der Waals surface area contributed by atoms with Gasteiger partial charge in [-0.1, -0.05) is 148 Å². The third kappa shape index (κ3) is 4.13. The first-order valence-corrected chi connectivity index (χ1v) is 22.7. The van der Waals surface area contributed by atoms with E-state index in [1.165, 1.54) is 82.0 Å². The first-order valence-electron chi connectivity index (χ1n) is 16.7. The molecule has 0 saturated heterocycles. The minimum Gasteiger partial charge on any atom is -0.310 e. The minimum atomic E-state index is -1.88. The Hall–Kier alpha value is -4.97. The molecule has 0 radical (unpaired) electrons. The van der Waals surface area contributed by atoms with Crippen molar-refractivity contribution in [1.29, 1.82) is 0 Å². The molecule has 47 heavy (non-hydrogen) atoms. The van der Waals surface area contributed by atoms with Gasteiger partial charge in [-0.05, 0) is 89.7 Å². The number of hydrogen-bond donors (Lipinski definition) is 0. The smallest absolute Gasteiger partial charge is 0.113 e. The van der Waals surface area contributed by atoms with Gasteiger partial charge in [-0.15, -0.1) is 0 Å². The predicted molar refractivity (Wildman–Crippen MR) is 208 cm³/mol. The lowest BCUT2D eigenvalue weighted by atomic mass is 9.95. The highest BCUT2D eigenvalue weighted by Gasteiger charge is 2.39. The Labute approximate surface area is 279 Å². The van der Waals surface area contributed by atoms with Crippen molar-refractivity contribution in [2.75, 3.05) is 4.90 Å². The van der Waals surface area contributed by atoms with Crippen LogP contribution in [0.4, 0.5) is 17.1 Å². The fraction of sp³-hybridized carbons (Fsp3) is 0.0909. The summed E-state index contributed by atoms with van der Waals surface area (Å²) in [4.78, 5) is 2.53. The van der Waals surface area contributed by atoms with Crippen molar-refractivity contribution in [3.8, 4) is 33.4 Å². The second-order valence-corrected chi connectivity index (χ2v) is 22.8. The molecule has 0 N–H and O–H groups in total. The van der Waals surface area contributed by atoms with E-state index in [-0.39, 0.29) is 0 Å². The lowest BCUT2D eigenvalue weighted by Gasteiger charge is -2.30. The molecule has 9 rings (SSSR count). The second-order valence-electron chi connectivity index (χ2n) is 14.2. The van der Waals surface area contributed by atoms with Crippen LogP contribution in [0.1, 0.15) is 0 Å². The van der Waals surface area contributed by atoms with Crippen LogP contribution in [0.3, 0.4) is 0 Å². The molecule has 2 heterocycles. The average Bonchev–Trinajstić information content (AvgIpc) is 3.48. The fourth-order valence-electron chi connectivity index (χ4n) is 8.46. The Morgan fingerprint density at radius 2 is 0.872 bits per heavy atom. The molecule has 0 unspecified atom stereocenters. The molecule has 0 aliphatic carbocycles. The Morgan fingerprint density at radius 3 is 1.66 bits per heavy atom. The van der Waals surface area contributed by atoms with Gasteiger partial charge in [0.1, 0.15) is 16.1 Å². The number of fused-ring (bicyclic) bond motifs is 7. The normalized spacial score (nSPS) is 14.7. The van der Waals surface area contributed by atoms with Crippen molar-refractivity contribution >= 4 is 64.7 Å². The maximum absolute atomic E-state index is 2.53. The summed E-state index contributed by atoms with van der Waals surface area (Å²) in [6.07, 6.45) is 0. The van der Waals surface area contributed by atoms with Crippen LogP contribution in [0.5, 0.6) is 0 Å². The molecule has 0 atom stereocenters. The number of benzene rings is 7. The summed E-state index contributed by atoms with van der Waals surface area (Å²) in [5.41, 5.74) is 11.7. The summed E-state index contributed by atoms with van der Waals surface area (Å²) in [7, 11) is -3.65. The van der Waals surface area contributed by atoms with E-state index in [1.807, 2.05) is 0 Å². The Kier molecular flexibility index (Phi) is 6.18. The van der Waals surface area contributed by atoms with Gasteiger partial charge in [0.25, 0.3) is 0 Å². The maximum atomic E-state index is 2.53. The largest absolute Gasteiger partial charge is 0.310 e. The van der Waals surface area contributed by atoms with Crippen LogP contribution in [0, 0.1) is 0 Å². The van der Waals surface area contributed by atoms with Crippen molar-refractivity contribution in [2.45, 2.75) is 26.2 Å². The van der Waals surface area contributed by atoms with Crippen molar-refractivity contribution in [3.05, 3.63) is 152 Å². The van der Waals surface area contributed by atoms with E-state index >= 15 is 0 Å². The number of hydrogen-bond acceptors (Lipinski definition) is 1. The van der Waals surface area contributed by atoms with Gasteiger partial charge in [-0.25, -0.2) is 0 Å². The van der Waals surface area contributed by atoms with Crippen LogP contribution in [-0.4, -0.2) is 16.1 Å². The van der Waals surface area contributed by atoms with Crippen LogP contribution >= 0.6 is 0 Å². The predicted octanol–water partition coefficient (Wildman–Crippen LogP) is 9.58. The van der Waals surface area contributed by atoms with E-state index in [0.717, 1.165) is 0 Å². The zero-order chi connectivity index (χ0) is 31.9. The maximum Gasteiger partial charge on any atom is 0.113 e. The molecule has 2 aliphatic rings. The molecule has 0 spiro atoms. The van der Waals surface area contributed by atoms with E-state index in [1.54, 1.807) is 0 Å². The monoisotopic (exact) mass is 635 g/mol. The first-order chi connectivity index (χ1) is 22.8. The molecule has 226 valence electrons. The van der Waals surface area contributed by atoms with Gasteiger partial charge in [-0.2, -0.15) is 0 Å². The number of rotatable bonds is 4. The Balaban J connectivity index is 1.30. The topological polar surface area (TPSA) is 3.24 Å². The Morgan fingerprint density at radius 1 is 0.362 bits per heavy atom. The summed E-state index contributed by atoms with van der Waals surface area (Å²) in [6.45, 7) is 10.0. The molecule has 7 aromatic carbocycles. The standard InChI is InChI=1S/C44H37NSi2/c1-46(2)42-23-12-9-19-37(42)39-28-31(25-27-43(39)46)45(32-24-26-38-36-18-8-11-22-41(36)47(3,4)44(38)29-32)40-21-10-7-17-35(40)34-20-13-15-30-14-5-6-16-33(30)34/h5-29H,1-4H3. The van der Waals surface area contributed by atoms with Crippen molar-refractivity contribution in [3.63, 3.8) is 0 Å². The highest BCUT2D eigenvalue weighted by Crippen LogP contribution is 2.44. The lowest BCUT2D eigenvalue weighted by Crippen LogP contribution is -2.49. The van der Waals surface area contributed by atoms with Crippen LogP contribution in [0.2, 0.25) is 26.2 Å². The highest BCUT2D eigenvalue weighted by molar-refractivity contribution is 7.04. The van der Waals surface area contributed by atoms with Crippen LogP contribution in [0.15, 0.2) is 152 Å². The van der Waals surface area contributed by atoms with Gasteiger partial charge in [0.15, 0.2) is 0 Å². The van der Waals surface area contributed by atoms with Gasteiger partial charge in [0, 0.05) is 16.9 Å². The zero-order valence-electron chi connectivity index (χ0n) is 27.4. The molecule has 0 amide bonds. The minimum absolute atomic E-state index is 1.20. The van der Waals surface area contributed by atoms with Gasteiger partial charge in [0.2, 0.25) is 0 Å². The summed E-state index contributed by atoms with van der Waals surface area (Å²) in [5, 5.41) is 8.66. The Bertz CT molecular complexity index is 2380. The third-order valence-corrected chi connectivity index (χ3v) is 18.0. The lowest BCUT2D eigenvalue weighted by molar-refractivity contribution is 1.29. The number of para-hydroxylation sites is 1. The summed E-state index contributed by atoms with van der Waals surface area (Å²) < 4.78 is 0. The third-order valence-electron chi connectivity index (χ3n) is 10.9. The number of anilines is 3. The molecular formula is C44H37NSi2. The van der Waals surface area contributed by atoms with Crippen LogP contribution in [0.25, 0.3) is 44.2 Å². The van der Waals surface area contributed by atoms with Crippen molar-refractivity contribution < 1.29 is 0 Å². The summed E-state index contributed by atoms with van der Waals surface area (Å²) in [5.74, 6) is 0. The van der Waals surface area contributed by atoms with E-state index in [4.69, 9.17) is 0 Å². The molecule has 2 aliphatic heterocycles. The molecule has 7 aromatic rings. The first kappa shape index (κ1) is 28.3. The van der Waals surface area contributed by atoms with E-state index < -0.39 is 16.1 Å². The SMILES string of the molecule is C[Si]1(C)c2ccccc2-c2cc(N(c3ccc4c(c3)[Si](C)(C)c3ccccc3-4)c3ccccc3-c3cccc4ccccc34)ccc21. The van der Waals surface area contributed by atoms with Gasteiger partial charge < -0.3 is 4.90 Å². The zero-order valence-corrected chi connectivity index (χ0v) is 29.4. The van der Waals surface area contributed by atoms with Gasteiger partial charge in [-0.3, -0.25) is 0 Å². The van der Waals surface area contributed by atoms with E-state index in [9.17, 15) is 0 Å². The second kappa shape index (κ2) is 10.3. The molecule has 0 aromatic heterocycles. The highest BCUT2D eigenvalue weighted by atomic mass is 28.3. The molecule has 3 heteroatoms. The van der Waals surface area contributed by atoms with Crippen molar-refractivity contribution in [2.24, 2.45) is 0 Å². The number of nitrogens with zero attached hydrogens (tertiary/aromatic N) is 1. The molecule has 0 saturated carbocycles. The van der Waals surface area contributed by atoms with Crippen molar-refractivity contribution in [1.82, 2.24) is 0 Å². The fourth-order valence-corrected chi connectivity index (χ4v) is 14.6. The van der Waals surface area contributed by atoms with Gasteiger partial charge >= 0.3 is 0 Å². The van der Waals surface area contributed by atoms with Crippen LogP contribution < -0.4 is 25.6 Å². The molecular weight excluding hydrogens is 599 g/mol. The van der Waals surface area contributed by atoms with E-state index in [2.05, 4.69) is 183 Å². The quantitative estimate of drug-likeness (QED) is 0.174. The summed E-state index contributed by atoms with van der Waals surface area (Å²) in [6, 6.07) is 57.1. The van der Waals surface area contributed by atoms with E-state index in [0.29, 0.717) is 0 Å². The van der Waals surface area contributed by atoms with Gasteiger partial charge in [0.05, 0.1) is 5.69 Å². The summed E-state index contributed by atoms with van der Waals surface area (Å²) >= 11 is 0. The molecule has 0 bridgehead atoms. The molecule has 0 fully saturated rings. The molecule has 1 nitrogen and oxygen atoms in total. The van der Waals surface area contributed by atoms with Crippen LogP contribution in [-0.2, 0) is 0 Å².